The second-order valence-corrected chi connectivity index (χ2v) is 6.09. The summed E-state index contributed by atoms with van der Waals surface area (Å²) in [6.45, 7) is 7.65. The van der Waals surface area contributed by atoms with Gasteiger partial charge in [-0.15, -0.1) is 0 Å². The predicted octanol–water partition coefficient (Wildman–Crippen LogP) is 4.18. The van der Waals surface area contributed by atoms with Crippen molar-refractivity contribution in [2.24, 2.45) is 0 Å². The minimum Gasteiger partial charge on any atom is -0.324 e. The fourth-order valence-electron chi connectivity index (χ4n) is 2.77. The third kappa shape index (κ3) is 4.38. The largest absolute Gasteiger partial charge is 0.324 e. The Morgan fingerprint density at radius 1 is 1.08 bits per heavy atom. The van der Waals surface area contributed by atoms with E-state index in [-0.39, 0.29) is 12.5 Å². The van der Waals surface area contributed by atoms with Gasteiger partial charge in [0.15, 0.2) is 0 Å². The van der Waals surface area contributed by atoms with Gasteiger partial charge in [0, 0.05) is 23.4 Å². The molecule has 0 fully saturated rings. The van der Waals surface area contributed by atoms with Crippen LogP contribution in [0, 0.1) is 32.4 Å². The molecule has 3 nitrogen and oxygen atoms in total. The van der Waals surface area contributed by atoms with Crippen LogP contribution in [0.1, 0.15) is 35.2 Å². The zero-order valence-electron chi connectivity index (χ0n) is 14.3. The van der Waals surface area contributed by atoms with Crippen molar-refractivity contribution in [2.45, 2.75) is 33.7 Å². The van der Waals surface area contributed by atoms with E-state index in [1.54, 1.807) is 6.92 Å². The Labute approximate surface area is 141 Å². The lowest BCUT2D eigenvalue weighted by atomic mass is 10.1. The highest BCUT2D eigenvalue weighted by molar-refractivity contribution is 5.93. The van der Waals surface area contributed by atoms with Crippen LogP contribution in [-0.2, 0) is 4.79 Å². The molecule has 0 radical (unpaired) electrons. The highest BCUT2D eigenvalue weighted by Gasteiger charge is 2.14. The van der Waals surface area contributed by atoms with Crippen molar-refractivity contribution in [3.8, 4) is 0 Å². The molecule has 0 aromatic heterocycles. The van der Waals surface area contributed by atoms with Crippen LogP contribution in [0.5, 0.6) is 0 Å². The molecule has 1 atom stereocenters. The predicted molar refractivity (Wildman–Crippen MR) is 92.1 cm³/mol. The molecule has 0 aliphatic carbocycles. The van der Waals surface area contributed by atoms with E-state index in [4.69, 9.17) is 0 Å². The Hall–Kier alpha value is -2.27. The van der Waals surface area contributed by atoms with Gasteiger partial charge in [0.2, 0.25) is 5.91 Å². The van der Waals surface area contributed by atoms with Gasteiger partial charge in [0.05, 0.1) is 6.54 Å². The van der Waals surface area contributed by atoms with Gasteiger partial charge in [-0.05, 0) is 44.9 Å². The van der Waals surface area contributed by atoms with Crippen molar-refractivity contribution in [3.05, 3.63) is 64.2 Å². The molecule has 0 bridgehead atoms. The highest BCUT2D eigenvalue weighted by atomic mass is 19.1. The van der Waals surface area contributed by atoms with E-state index < -0.39 is 17.7 Å². The first-order valence-corrected chi connectivity index (χ1v) is 7.84. The standard InChI is InChI=1S/C19H22F2N2O/c1-11-7-12(2)19(13(3)8-11)23-18(24)10-22-14(4)16-6-5-15(20)9-17(16)21/h5-9,14,22H,10H2,1-4H3,(H,23,24)/t14-/m0/s1. The molecule has 2 aromatic carbocycles. The quantitative estimate of drug-likeness (QED) is 0.862. The number of nitrogens with one attached hydrogen (secondary N) is 2. The Balaban J connectivity index is 1.98. The molecule has 0 unspecified atom stereocenters. The summed E-state index contributed by atoms with van der Waals surface area (Å²) in [7, 11) is 0. The summed E-state index contributed by atoms with van der Waals surface area (Å²) in [6, 6.07) is 7.03. The smallest absolute Gasteiger partial charge is 0.238 e. The number of carbonyl (C=O) groups is 1. The van der Waals surface area contributed by atoms with E-state index in [1.165, 1.54) is 12.1 Å². The van der Waals surface area contributed by atoms with E-state index in [9.17, 15) is 13.6 Å². The summed E-state index contributed by atoms with van der Waals surface area (Å²) in [4.78, 5) is 12.1. The number of halogens is 2. The van der Waals surface area contributed by atoms with Crippen LogP contribution in [0.2, 0.25) is 0 Å². The normalized spacial score (nSPS) is 12.1. The molecule has 5 heteroatoms. The van der Waals surface area contributed by atoms with Crippen LogP contribution in [0.15, 0.2) is 30.3 Å². The van der Waals surface area contributed by atoms with Crippen LogP contribution >= 0.6 is 0 Å². The van der Waals surface area contributed by atoms with E-state index in [2.05, 4.69) is 10.6 Å². The van der Waals surface area contributed by atoms with Gasteiger partial charge in [-0.3, -0.25) is 4.79 Å². The molecular weight excluding hydrogens is 310 g/mol. The molecule has 2 rings (SSSR count). The van der Waals surface area contributed by atoms with Crippen LogP contribution in [0.4, 0.5) is 14.5 Å². The molecule has 0 saturated carbocycles. The minimum atomic E-state index is -0.624. The summed E-state index contributed by atoms with van der Waals surface area (Å²) in [6.07, 6.45) is 0. The van der Waals surface area contributed by atoms with Gasteiger partial charge in [0.25, 0.3) is 0 Å². The van der Waals surface area contributed by atoms with Crippen molar-refractivity contribution in [1.29, 1.82) is 0 Å². The average Bonchev–Trinajstić information content (AvgIpc) is 2.48. The number of carbonyl (C=O) groups excluding carboxylic acids is 1. The molecule has 24 heavy (non-hydrogen) atoms. The van der Waals surface area contributed by atoms with Crippen molar-refractivity contribution in [2.75, 3.05) is 11.9 Å². The van der Waals surface area contributed by atoms with Crippen LogP contribution in [0.3, 0.4) is 0 Å². The van der Waals surface area contributed by atoms with E-state index in [0.29, 0.717) is 5.56 Å². The van der Waals surface area contributed by atoms with Gasteiger partial charge >= 0.3 is 0 Å². The summed E-state index contributed by atoms with van der Waals surface area (Å²) >= 11 is 0. The molecule has 0 aliphatic rings. The summed E-state index contributed by atoms with van der Waals surface area (Å²) in [5.74, 6) is -1.45. The average molecular weight is 332 g/mol. The van der Waals surface area contributed by atoms with E-state index >= 15 is 0 Å². The Kier molecular flexibility index (Phi) is 5.67. The zero-order valence-corrected chi connectivity index (χ0v) is 14.3. The number of rotatable bonds is 5. The SMILES string of the molecule is Cc1cc(C)c(NC(=O)CN[C@@H](C)c2ccc(F)cc2F)c(C)c1. The lowest BCUT2D eigenvalue weighted by molar-refractivity contribution is -0.115. The maximum absolute atomic E-state index is 13.7. The molecular formula is C19H22F2N2O. The minimum absolute atomic E-state index is 0.0325. The lowest BCUT2D eigenvalue weighted by Crippen LogP contribution is -2.31. The molecule has 1 amide bonds. The first kappa shape index (κ1) is 18.1. The molecule has 2 aromatic rings. The van der Waals surface area contributed by atoms with E-state index in [1.807, 2.05) is 32.9 Å². The van der Waals surface area contributed by atoms with Crippen LogP contribution in [-0.4, -0.2) is 12.5 Å². The molecule has 0 saturated heterocycles. The van der Waals surface area contributed by atoms with Crippen molar-refractivity contribution >= 4 is 11.6 Å². The summed E-state index contributed by atoms with van der Waals surface area (Å²) in [5, 5.41) is 5.84. The summed E-state index contributed by atoms with van der Waals surface area (Å²) < 4.78 is 26.7. The molecule has 128 valence electrons. The van der Waals surface area contributed by atoms with Gasteiger partial charge in [-0.2, -0.15) is 0 Å². The van der Waals surface area contributed by atoms with Crippen molar-refractivity contribution in [1.82, 2.24) is 5.32 Å². The van der Waals surface area contributed by atoms with Crippen molar-refractivity contribution in [3.63, 3.8) is 0 Å². The Bertz CT molecular complexity index is 736. The monoisotopic (exact) mass is 332 g/mol. The number of aryl methyl sites for hydroxylation is 3. The number of hydrogen-bond donors (Lipinski definition) is 2. The molecule has 0 heterocycles. The van der Waals surface area contributed by atoms with Crippen LogP contribution < -0.4 is 10.6 Å². The first-order valence-electron chi connectivity index (χ1n) is 7.84. The van der Waals surface area contributed by atoms with Gasteiger partial charge in [0.1, 0.15) is 11.6 Å². The maximum atomic E-state index is 13.7. The molecule has 2 N–H and O–H groups in total. The zero-order chi connectivity index (χ0) is 17.9. The fourth-order valence-corrected chi connectivity index (χ4v) is 2.77. The fraction of sp³-hybridized carbons (Fsp3) is 0.316. The van der Waals surface area contributed by atoms with Gasteiger partial charge in [-0.1, -0.05) is 23.8 Å². The number of anilines is 1. The first-order chi connectivity index (χ1) is 11.3. The van der Waals surface area contributed by atoms with Gasteiger partial charge < -0.3 is 10.6 Å². The van der Waals surface area contributed by atoms with Crippen LogP contribution in [0.25, 0.3) is 0 Å². The maximum Gasteiger partial charge on any atom is 0.238 e. The Morgan fingerprint density at radius 3 is 2.29 bits per heavy atom. The van der Waals surface area contributed by atoms with Gasteiger partial charge in [-0.25, -0.2) is 8.78 Å². The number of benzene rings is 2. The second-order valence-electron chi connectivity index (χ2n) is 6.09. The van der Waals surface area contributed by atoms with E-state index in [0.717, 1.165) is 28.4 Å². The third-order valence-electron chi connectivity index (χ3n) is 3.94. The second kappa shape index (κ2) is 7.53. The topological polar surface area (TPSA) is 41.1 Å². The number of hydrogen-bond acceptors (Lipinski definition) is 2. The lowest BCUT2D eigenvalue weighted by Gasteiger charge is -2.16. The molecule has 0 spiro atoms. The summed E-state index contributed by atoms with van der Waals surface area (Å²) in [5.41, 5.74) is 4.26. The molecule has 0 aliphatic heterocycles. The Morgan fingerprint density at radius 2 is 1.71 bits per heavy atom. The third-order valence-corrected chi connectivity index (χ3v) is 3.94. The van der Waals surface area contributed by atoms with Crippen molar-refractivity contribution < 1.29 is 13.6 Å². The number of amides is 1. The highest BCUT2D eigenvalue weighted by Crippen LogP contribution is 2.22.